The lowest BCUT2D eigenvalue weighted by Gasteiger charge is -2.29. The van der Waals surface area contributed by atoms with E-state index in [1.54, 1.807) is 0 Å². The minimum Gasteiger partial charge on any atom is -0.387 e. The summed E-state index contributed by atoms with van der Waals surface area (Å²) in [6.07, 6.45) is -1.23. The molecule has 1 aromatic rings. The SMILES string of the molecule is C#CC1(N)C(O)[C@@H]([C@H](C)OP(=O)(O)OP(=O)(O)OP(=O)(O)O)O[C@H]1n1c(C)cc(N)nc1=O. The Morgan fingerprint density at radius 1 is 1.27 bits per heavy atom. The van der Waals surface area contributed by atoms with Crippen LogP contribution in [0.1, 0.15) is 18.8 Å². The van der Waals surface area contributed by atoms with E-state index in [-0.39, 0.29) is 11.5 Å². The number of ether oxygens (including phenoxy) is 1. The maximum atomic E-state index is 12.3. The summed E-state index contributed by atoms with van der Waals surface area (Å²) in [6, 6.07) is 1.29. The Balaban J connectivity index is 2.32. The number of aromatic nitrogens is 2. The lowest BCUT2D eigenvalue weighted by atomic mass is 9.90. The number of nitrogens with zero attached hydrogens (tertiary/aromatic N) is 2. The summed E-state index contributed by atoms with van der Waals surface area (Å²) in [5.74, 6) is 1.98. The minimum absolute atomic E-state index is 0.117. The molecule has 17 nitrogen and oxygen atoms in total. The molecule has 33 heavy (non-hydrogen) atoms. The van der Waals surface area contributed by atoms with Gasteiger partial charge in [0, 0.05) is 5.69 Å². The fourth-order valence-electron chi connectivity index (χ4n) is 3.04. The molecule has 0 amide bonds. The molecule has 4 unspecified atom stereocenters. The average molecular weight is 534 g/mol. The molecule has 1 aromatic heterocycles. The molecule has 7 atom stereocenters. The molecule has 1 aliphatic heterocycles. The number of anilines is 1. The molecule has 9 N–H and O–H groups in total. The van der Waals surface area contributed by atoms with E-state index in [0.717, 1.165) is 11.5 Å². The van der Waals surface area contributed by atoms with Gasteiger partial charge in [-0.15, -0.1) is 6.42 Å². The largest absolute Gasteiger partial charge is 0.490 e. The lowest BCUT2D eigenvalue weighted by Crippen LogP contribution is -2.55. The number of aliphatic hydroxyl groups excluding tert-OH is 1. The first kappa shape index (κ1) is 27.8. The van der Waals surface area contributed by atoms with E-state index in [1.165, 1.54) is 13.0 Å². The molecule has 0 spiro atoms. The van der Waals surface area contributed by atoms with Crippen molar-refractivity contribution in [3.63, 3.8) is 0 Å². The van der Waals surface area contributed by atoms with Gasteiger partial charge in [0.2, 0.25) is 0 Å². The van der Waals surface area contributed by atoms with Gasteiger partial charge in [-0.3, -0.25) is 9.09 Å². The van der Waals surface area contributed by atoms with Crippen LogP contribution in [0.25, 0.3) is 0 Å². The number of hydrogen-bond donors (Lipinski definition) is 7. The van der Waals surface area contributed by atoms with Gasteiger partial charge in [-0.2, -0.15) is 13.6 Å². The summed E-state index contributed by atoms with van der Waals surface area (Å²) in [5, 5.41) is 10.7. The number of phosphoric ester groups is 1. The number of hydrogen-bond acceptors (Lipinski definition) is 12. The molecule has 0 radical (unpaired) electrons. The molecule has 0 bridgehead atoms. The number of aliphatic hydroxyl groups is 1. The van der Waals surface area contributed by atoms with Crippen molar-refractivity contribution < 1.29 is 56.3 Å². The van der Waals surface area contributed by atoms with Crippen molar-refractivity contribution in [1.82, 2.24) is 9.55 Å². The lowest BCUT2D eigenvalue weighted by molar-refractivity contribution is -0.0760. The van der Waals surface area contributed by atoms with Gasteiger partial charge in [-0.1, -0.05) is 5.92 Å². The van der Waals surface area contributed by atoms with E-state index >= 15 is 0 Å². The van der Waals surface area contributed by atoms with Crippen LogP contribution in [0, 0.1) is 19.3 Å². The molecule has 186 valence electrons. The van der Waals surface area contributed by atoms with Gasteiger partial charge < -0.3 is 40.9 Å². The zero-order valence-corrected chi connectivity index (χ0v) is 19.5. The molecule has 1 aliphatic rings. The average Bonchev–Trinajstić information content (AvgIpc) is 2.83. The van der Waals surface area contributed by atoms with Crippen molar-refractivity contribution in [2.45, 2.75) is 43.9 Å². The Morgan fingerprint density at radius 2 is 1.85 bits per heavy atom. The molecule has 2 rings (SSSR count). The monoisotopic (exact) mass is 534 g/mol. The van der Waals surface area contributed by atoms with Crippen LogP contribution < -0.4 is 17.2 Å². The van der Waals surface area contributed by atoms with Crippen molar-refractivity contribution in [3.05, 3.63) is 22.2 Å². The van der Waals surface area contributed by atoms with Crippen molar-refractivity contribution in [2.75, 3.05) is 5.73 Å². The quantitative estimate of drug-likeness (QED) is 0.147. The second-order valence-corrected chi connectivity index (χ2v) is 11.2. The van der Waals surface area contributed by atoms with Crippen LogP contribution in [-0.2, 0) is 31.6 Å². The highest BCUT2D eigenvalue weighted by molar-refractivity contribution is 7.66. The van der Waals surface area contributed by atoms with Gasteiger partial charge in [0.1, 0.15) is 18.0 Å². The van der Waals surface area contributed by atoms with Crippen LogP contribution in [0.3, 0.4) is 0 Å². The molecule has 0 saturated carbocycles. The third-order valence-corrected chi connectivity index (χ3v) is 8.25. The van der Waals surface area contributed by atoms with Crippen molar-refractivity contribution in [1.29, 1.82) is 0 Å². The smallest absolute Gasteiger partial charge is 0.387 e. The molecule has 20 heteroatoms. The predicted octanol–water partition coefficient (Wildman–Crippen LogP) is -1.55. The Hall–Kier alpha value is -1.47. The second kappa shape index (κ2) is 9.29. The summed E-state index contributed by atoms with van der Waals surface area (Å²) in [6.45, 7) is 2.48. The maximum Gasteiger partial charge on any atom is 0.490 e. The Kier molecular flexibility index (Phi) is 7.82. The van der Waals surface area contributed by atoms with Crippen LogP contribution in [0.4, 0.5) is 5.82 Å². The number of nitrogens with two attached hydrogens (primary N) is 2. The van der Waals surface area contributed by atoms with Crippen molar-refractivity contribution >= 4 is 29.3 Å². The third kappa shape index (κ3) is 6.36. The minimum atomic E-state index is -5.77. The first-order chi connectivity index (χ1) is 14.8. The number of nitrogen functional groups attached to an aromatic ring is 1. The summed E-state index contributed by atoms with van der Waals surface area (Å²) >= 11 is 0. The second-order valence-electron chi connectivity index (χ2n) is 6.85. The van der Waals surface area contributed by atoms with Crippen molar-refractivity contribution in [3.8, 4) is 12.3 Å². The third-order valence-electron chi connectivity index (χ3n) is 4.33. The Bertz CT molecular complexity index is 1160. The van der Waals surface area contributed by atoms with Crippen LogP contribution in [0.5, 0.6) is 0 Å². The Morgan fingerprint density at radius 3 is 2.33 bits per heavy atom. The van der Waals surface area contributed by atoms with Gasteiger partial charge in [0.25, 0.3) is 0 Å². The summed E-state index contributed by atoms with van der Waals surface area (Å²) in [4.78, 5) is 51.9. The van der Waals surface area contributed by atoms with E-state index in [4.69, 9.17) is 32.4 Å². The number of phosphoric acid groups is 3. The van der Waals surface area contributed by atoms with Gasteiger partial charge in [0.15, 0.2) is 11.8 Å². The van der Waals surface area contributed by atoms with Crippen molar-refractivity contribution in [2.24, 2.45) is 5.73 Å². The first-order valence-electron chi connectivity index (χ1n) is 8.60. The summed E-state index contributed by atoms with van der Waals surface area (Å²) in [7, 11) is -16.9. The molecular formula is C13H21N4O13P3. The number of aryl methyl sites for hydroxylation is 1. The highest BCUT2D eigenvalue weighted by atomic mass is 31.3. The maximum absolute atomic E-state index is 12.3. The normalized spacial score (nSPS) is 30.2. The van der Waals surface area contributed by atoms with E-state index in [1.807, 2.05) is 0 Å². The molecule has 1 saturated heterocycles. The Labute approximate surface area is 185 Å². The number of rotatable bonds is 8. The van der Waals surface area contributed by atoms with Crippen LogP contribution in [-0.4, -0.2) is 58.1 Å². The standard InChI is InChI=1S/C13H21N4O13P3/c1-4-13(15)10(18)9(27-11(13)17-6(2)5-8(14)16-12(17)19)7(3)28-32(23,24)30-33(25,26)29-31(20,21)22/h1,5,7,9-11,18H,15H2,2-3H3,(H,23,24)(H,25,26)(H2,14,16,19)(H2,20,21,22)/t7-,9+,10?,11+,13?/m0/s1. The highest BCUT2D eigenvalue weighted by Crippen LogP contribution is 2.66. The van der Waals surface area contributed by atoms with E-state index < -0.39 is 59.2 Å². The fraction of sp³-hybridized carbons (Fsp3) is 0.538. The molecule has 1 fully saturated rings. The molecular weight excluding hydrogens is 513 g/mol. The van der Waals surface area contributed by atoms with E-state index in [9.17, 15) is 33.4 Å². The van der Waals surface area contributed by atoms with Crippen LogP contribution >= 0.6 is 23.5 Å². The van der Waals surface area contributed by atoms with Gasteiger partial charge in [-0.05, 0) is 19.9 Å². The van der Waals surface area contributed by atoms with E-state index in [0.29, 0.717) is 0 Å². The van der Waals surface area contributed by atoms with Crippen LogP contribution in [0.2, 0.25) is 0 Å². The van der Waals surface area contributed by atoms with Gasteiger partial charge >= 0.3 is 29.2 Å². The van der Waals surface area contributed by atoms with Gasteiger partial charge in [-0.25, -0.2) is 18.5 Å². The molecule has 0 aliphatic carbocycles. The molecule has 0 aromatic carbocycles. The highest BCUT2D eigenvalue weighted by Gasteiger charge is 2.57. The summed E-state index contributed by atoms with van der Waals surface area (Å²) < 4.78 is 52.6. The predicted molar refractivity (Wildman–Crippen MR) is 108 cm³/mol. The molecule has 2 heterocycles. The van der Waals surface area contributed by atoms with E-state index in [2.05, 4.69) is 24.0 Å². The zero-order valence-electron chi connectivity index (χ0n) is 16.9. The van der Waals surface area contributed by atoms with Gasteiger partial charge in [0.05, 0.1) is 6.10 Å². The van der Waals surface area contributed by atoms with Crippen LogP contribution in [0.15, 0.2) is 10.9 Å². The number of terminal acetylenes is 1. The topological polar surface area (TPSA) is 276 Å². The zero-order chi connectivity index (χ0) is 25.6. The fourth-order valence-corrected chi connectivity index (χ4v) is 6.24. The first-order valence-corrected chi connectivity index (χ1v) is 13.1. The summed E-state index contributed by atoms with van der Waals surface area (Å²) in [5.41, 5.74) is 8.75.